The van der Waals surface area contributed by atoms with Crippen molar-refractivity contribution in [3.8, 4) is 0 Å². The molecule has 8 nitrogen and oxygen atoms in total. The number of aromatic carboxylic acids is 1. The molecule has 2 rings (SSSR count). The standard InChI is InChI=1S/C12H13N3O5/c13-5-7-4-10(16)14(6-7)8-2-1-3-9(15(19)20)11(8)12(17)18/h1-3,7H,4-6,13H2,(H,17,18). The maximum atomic E-state index is 11.9. The molecule has 1 atom stereocenters. The van der Waals surface area contributed by atoms with E-state index in [2.05, 4.69) is 0 Å². The third-order valence-electron chi connectivity index (χ3n) is 3.26. The van der Waals surface area contributed by atoms with Gasteiger partial charge in [-0.2, -0.15) is 0 Å². The van der Waals surface area contributed by atoms with E-state index in [9.17, 15) is 24.8 Å². The third-order valence-corrected chi connectivity index (χ3v) is 3.26. The molecule has 8 heteroatoms. The average molecular weight is 279 g/mol. The quantitative estimate of drug-likeness (QED) is 0.614. The molecule has 3 N–H and O–H groups in total. The highest BCUT2D eigenvalue weighted by atomic mass is 16.6. The number of amides is 1. The summed E-state index contributed by atoms with van der Waals surface area (Å²) in [7, 11) is 0. The van der Waals surface area contributed by atoms with Crippen molar-refractivity contribution >= 4 is 23.3 Å². The van der Waals surface area contributed by atoms with Crippen LogP contribution in [0.25, 0.3) is 0 Å². The molecule has 1 heterocycles. The van der Waals surface area contributed by atoms with Crippen LogP contribution < -0.4 is 10.6 Å². The predicted octanol–water partition coefficient (Wildman–Crippen LogP) is 0.605. The van der Waals surface area contributed by atoms with Crippen LogP contribution in [-0.2, 0) is 4.79 Å². The fourth-order valence-electron chi connectivity index (χ4n) is 2.30. The van der Waals surface area contributed by atoms with Gasteiger partial charge in [0.2, 0.25) is 5.91 Å². The second-order valence-corrected chi connectivity index (χ2v) is 4.54. The van der Waals surface area contributed by atoms with Gasteiger partial charge >= 0.3 is 5.97 Å². The van der Waals surface area contributed by atoms with Crippen LogP contribution in [0, 0.1) is 16.0 Å². The van der Waals surface area contributed by atoms with Crippen molar-refractivity contribution < 1.29 is 19.6 Å². The number of carboxylic acid groups (broad SMARTS) is 1. The average Bonchev–Trinajstić information content (AvgIpc) is 2.78. The van der Waals surface area contributed by atoms with Crippen LogP contribution in [0.3, 0.4) is 0 Å². The maximum absolute atomic E-state index is 11.9. The zero-order valence-corrected chi connectivity index (χ0v) is 10.5. The van der Waals surface area contributed by atoms with Gasteiger partial charge in [-0.1, -0.05) is 6.07 Å². The van der Waals surface area contributed by atoms with Gasteiger partial charge in [0.05, 0.1) is 10.6 Å². The molecule has 1 aromatic carbocycles. The number of anilines is 1. The van der Waals surface area contributed by atoms with Crippen molar-refractivity contribution in [2.75, 3.05) is 18.0 Å². The van der Waals surface area contributed by atoms with Crippen molar-refractivity contribution in [1.82, 2.24) is 0 Å². The molecule has 0 saturated carbocycles. The summed E-state index contributed by atoms with van der Waals surface area (Å²) in [6, 6.07) is 3.87. The van der Waals surface area contributed by atoms with Crippen LogP contribution in [0.2, 0.25) is 0 Å². The van der Waals surface area contributed by atoms with E-state index in [0.29, 0.717) is 6.54 Å². The predicted molar refractivity (Wildman–Crippen MR) is 69.6 cm³/mol. The van der Waals surface area contributed by atoms with E-state index in [4.69, 9.17) is 5.73 Å². The molecular weight excluding hydrogens is 266 g/mol. The molecule has 1 aliphatic heterocycles. The molecule has 106 valence electrons. The van der Waals surface area contributed by atoms with Crippen LogP contribution in [0.15, 0.2) is 18.2 Å². The Morgan fingerprint density at radius 1 is 1.55 bits per heavy atom. The van der Waals surface area contributed by atoms with Gasteiger partial charge in [-0.3, -0.25) is 14.9 Å². The van der Waals surface area contributed by atoms with Crippen LogP contribution in [-0.4, -0.2) is 35.0 Å². The highest BCUT2D eigenvalue weighted by Crippen LogP contribution is 2.33. The number of benzene rings is 1. The van der Waals surface area contributed by atoms with Gasteiger partial charge in [0.1, 0.15) is 0 Å². The number of nitro groups is 1. The number of carbonyl (C=O) groups excluding carboxylic acids is 1. The zero-order chi connectivity index (χ0) is 14.9. The molecule has 1 aromatic rings. The van der Waals surface area contributed by atoms with Crippen LogP contribution in [0.4, 0.5) is 11.4 Å². The second-order valence-electron chi connectivity index (χ2n) is 4.54. The Balaban J connectivity index is 2.52. The summed E-state index contributed by atoms with van der Waals surface area (Å²) in [5.41, 5.74) is 4.56. The minimum absolute atomic E-state index is 0.0488. The largest absolute Gasteiger partial charge is 0.477 e. The van der Waals surface area contributed by atoms with Gasteiger partial charge in [0.25, 0.3) is 5.69 Å². The van der Waals surface area contributed by atoms with Gasteiger partial charge in [0, 0.05) is 19.0 Å². The fourth-order valence-corrected chi connectivity index (χ4v) is 2.30. The number of nitro benzene ring substituents is 1. The number of nitrogens with two attached hydrogens (primary N) is 1. The molecule has 0 spiro atoms. The minimum Gasteiger partial charge on any atom is -0.477 e. The van der Waals surface area contributed by atoms with Gasteiger partial charge in [0.15, 0.2) is 5.56 Å². The first kappa shape index (κ1) is 13.9. The molecule has 1 unspecified atom stereocenters. The Labute approximate surface area is 113 Å². The first-order valence-electron chi connectivity index (χ1n) is 5.96. The van der Waals surface area contributed by atoms with E-state index < -0.39 is 22.1 Å². The van der Waals surface area contributed by atoms with Crippen molar-refractivity contribution in [3.05, 3.63) is 33.9 Å². The van der Waals surface area contributed by atoms with Crippen molar-refractivity contribution in [3.63, 3.8) is 0 Å². The highest BCUT2D eigenvalue weighted by Gasteiger charge is 2.34. The Bertz CT molecular complexity index is 586. The number of hydrogen-bond acceptors (Lipinski definition) is 5. The molecule has 1 aliphatic rings. The second kappa shape index (κ2) is 5.25. The van der Waals surface area contributed by atoms with Gasteiger partial charge in [-0.05, 0) is 18.5 Å². The normalized spacial score (nSPS) is 18.4. The molecule has 0 aromatic heterocycles. The van der Waals surface area contributed by atoms with Crippen molar-refractivity contribution in [1.29, 1.82) is 0 Å². The van der Waals surface area contributed by atoms with E-state index in [1.165, 1.54) is 17.0 Å². The van der Waals surface area contributed by atoms with Gasteiger partial charge < -0.3 is 15.7 Å². The number of carboxylic acids is 1. The Morgan fingerprint density at radius 3 is 2.75 bits per heavy atom. The topological polar surface area (TPSA) is 127 Å². The molecule has 1 saturated heterocycles. The van der Waals surface area contributed by atoms with E-state index in [1.54, 1.807) is 0 Å². The summed E-state index contributed by atoms with van der Waals surface area (Å²) >= 11 is 0. The molecule has 0 aliphatic carbocycles. The Kier molecular flexibility index (Phi) is 3.66. The lowest BCUT2D eigenvalue weighted by molar-refractivity contribution is -0.385. The molecule has 0 radical (unpaired) electrons. The third kappa shape index (κ3) is 2.32. The highest BCUT2D eigenvalue weighted by molar-refractivity contribution is 6.05. The SMILES string of the molecule is NCC1CC(=O)N(c2cccc([N+](=O)[O-])c2C(=O)O)C1. The van der Waals surface area contributed by atoms with E-state index >= 15 is 0 Å². The summed E-state index contributed by atoms with van der Waals surface area (Å²) in [5.74, 6) is -1.77. The van der Waals surface area contributed by atoms with Gasteiger partial charge in [-0.25, -0.2) is 4.79 Å². The van der Waals surface area contributed by atoms with E-state index in [1.807, 2.05) is 0 Å². The zero-order valence-electron chi connectivity index (χ0n) is 10.5. The Hall–Kier alpha value is -2.48. The smallest absolute Gasteiger partial charge is 0.344 e. The number of nitrogens with zero attached hydrogens (tertiary/aromatic N) is 2. The molecule has 0 bridgehead atoms. The summed E-state index contributed by atoms with van der Waals surface area (Å²) < 4.78 is 0. The van der Waals surface area contributed by atoms with Gasteiger partial charge in [-0.15, -0.1) is 0 Å². The number of hydrogen-bond donors (Lipinski definition) is 2. The fraction of sp³-hybridized carbons (Fsp3) is 0.333. The molecule has 1 fully saturated rings. The Morgan fingerprint density at radius 2 is 2.25 bits per heavy atom. The summed E-state index contributed by atoms with van der Waals surface area (Å²) in [5, 5.41) is 20.1. The van der Waals surface area contributed by atoms with E-state index in [0.717, 1.165) is 6.07 Å². The minimum atomic E-state index is -1.43. The summed E-state index contributed by atoms with van der Waals surface area (Å²) in [6.45, 7) is 0.580. The lowest BCUT2D eigenvalue weighted by Gasteiger charge is -2.18. The summed E-state index contributed by atoms with van der Waals surface area (Å²) in [6.07, 6.45) is 0.220. The molecule has 1 amide bonds. The van der Waals surface area contributed by atoms with Crippen LogP contribution >= 0.6 is 0 Å². The summed E-state index contributed by atoms with van der Waals surface area (Å²) in [4.78, 5) is 34.6. The molecular formula is C12H13N3O5. The monoisotopic (exact) mass is 279 g/mol. The van der Waals surface area contributed by atoms with Crippen LogP contribution in [0.5, 0.6) is 0 Å². The number of carbonyl (C=O) groups is 2. The first-order chi connectivity index (χ1) is 9.45. The van der Waals surface area contributed by atoms with E-state index in [-0.39, 0.29) is 30.5 Å². The number of rotatable bonds is 4. The van der Waals surface area contributed by atoms with Crippen molar-refractivity contribution in [2.45, 2.75) is 6.42 Å². The lowest BCUT2D eigenvalue weighted by atomic mass is 10.1. The lowest BCUT2D eigenvalue weighted by Crippen LogP contribution is -2.27. The maximum Gasteiger partial charge on any atom is 0.344 e. The molecule has 20 heavy (non-hydrogen) atoms. The first-order valence-corrected chi connectivity index (χ1v) is 5.96. The van der Waals surface area contributed by atoms with Crippen LogP contribution in [0.1, 0.15) is 16.8 Å². The van der Waals surface area contributed by atoms with Crippen molar-refractivity contribution in [2.24, 2.45) is 11.7 Å².